The monoisotopic (exact) mass is 339 g/mol. The first-order valence-electron chi connectivity index (χ1n) is 9.07. The van der Waals surface area contributed by atoms with Gasteiger partial charge in [-0.05, 0) is 55.2 Å². The highest BCUT2D eigenvalue weighted by atomic mass is 16.5. The van der Waals surface area contributed by atoms with Crippen LogP contribution in [0, 0.1) is 19.3 Å². The molecule has 1 aromatic carbocycles. The maximum absolute atomic E-state index is 12.7. The van der Waals surface area contributed by atoms with Crippen LogP contribution in [0.25, 0.3) is 11.1 Å². The average Bonchev–Trinajstić information content (AvgIpc) is 3.06. The molecule has 0 saturated carbocycles. The zero-order valence-electron chi connectivity index (χ0n) is 15.0. The molecule has 5 heteroatoms. The van der Waals surface area contributed by atoms with E-state index in [2.05, 4.69) is 27.9 Å². The van der Waals surface area contributed by atoms with Gasteiger partial charge in [0.2, 0.25) is 5.95 Å². The summed E-state index contributed by atoms with van der Waals surface area (Å²) in [7, 11) is 0. The van der Waals surface area contributed by atoms with E-state index < -0.39 is 0 Å². The van der Waals surface area contributed by atoms with Crippen molar-refractivity contribution in [2.75, 3.05) is 31.2 Å². The molecular formula is C20H25N3O2. The van der Waals surface area contributed by atoms with Gasteiger partial charge in [-0.2, -0.15) is 0 Å². The predicted octanol–water partition coefficient (Wildman–Crippen LogP) is 3.06. The fourth-order valence-corrected chi connectivity index (χ4v) is 4.02. The lowest BCUT2D eigenvalue weighted by Gasteiger charge is -2.38. The van der Waals surface area contributed by atoms with E-state index in [0.29, 0.717) is 16.9 Å². The van der Waals surface area contributed by atoms with E-state index in [-0.39, 0.29) is 5.56 Å². The molecule has 0 aliphatic carbocycles. The molecule has 0 atom stereocenters. The zero-order chi connectivity index (χ0) is 17.4. The smallest absolute Gasteiger partial charge is 0.260 e. The molecule has 0 unspecified atom stereocenters. The predicted molar refractivity (Wildman–Crippen MR) is 99.1 cm³/mol. The van der Waals surface area contributed by atoms with Crippen LogP contribution in [0.2, 0.25) is 0 Å². The largest absolute Gasteiger partial charge is 0.381 e. The van der Waals surface area contributed by atoms with E-state index in [9.17, 15) is 4.79 Å². The Morgan fingerprint density at radius 1 is 1.16 bits per heavy atom. The average molecular weight is 339 g/mol. The summed E-state index contributed by atoms with van der Waals surface area (Å²) in [4.78, 5) is 22.4. The number of aryl methyl sites for hydroxylation is 1. The number of H-pyrrole nitrogens is 1. The van der Waals surface area contributed by atoms with Crippen molar-refractivity contribution in [1.29, 1.82) is 0 Å². The minimum absolute atomic E-state index is 0.0665. The number of benzene rings is 1. The van der Waals surface area contributed by atoms with E-state index in [1.807, 2.05) is 19.1 Å². The molecule has 0 amide bonds. The van der Waals surface area contributed by atoms with Crippen LogP contribution in [0.1, 0.15) is 30.4 Å². The third-order valence-electron chi connectivity index (χ3n) is 5.99. The second-order valence-corrected chi connectivity index (χ2v) is 7.49. The molecule has 2 aliphatic rings. The van der Waals surface area contributed by atoms with Gasteiger partial charge in [-0.1, -0.05) is 18.2 Å². The summed E-state index contributed by atoms with van der Waals surface area (Å²) < 4.78 is 5.59. The van der Waals surface area contributed by atoms with Gasteiger partial charge in [0.15, 0.2) is 0 Å². The number of nitrogens with one attached hydrogen (secondary N) is 1. The fourth-order valence-electron chi connectivity index (χ4n) is 4.02. The van der Waals surface area contributed by atoms with Crippen LogP contribution in [0.3, 0.4) is 0 Å². The molecule has 2 saturated heterocycles. The van der Waals surface area contributed by atoms with E-state index in [1.54, 1.807) is 6.20 Å². The Morgan fingerprint density at radius 2 is 1.96 bits per heavy atom. The summed E-state index contributed by atoms with van der Waals surface area (Å²) in [6.07, 6.45) is 5.10. The molecule has 1 N–H and O–H groups in total. The van der Waals surface area contributed by atoms with Crippen molar-refractivity contribution in [3.8, 4) is 11.1 Å². The number of nitrogens with zero attached hydrogens (tertiary/aromatic N) is 2. The summed E-state index contributed by atoms with van der Waals surface area (Å²) in [5.74, 6) is 0.688. The molecule has 0 radical (unpaired) electrons. The number of aromatic amines is 1. The number of rotatable bonds is 2. The van der Waals surface area contributed by atoms with Crippen molar-refractivity contribution in [3.05, 3.63) is 45.9 Å². The lowest BCUT2D eigenvalue weighted by molar-refractivity contribution is 0.133. The van der Waals surface area contributed by atoms with Crippen molar-refractivity contribution in [2.45, 2.75) is 33.1 Å². The van der Waals surface area contributed by atoms with E-state index in [4.69, 9.17) is 4.74 Å². The number of hydrogen-bond acceptors (Lipinski definition) is 4. The topological polar surface area (TPSA) is 58.2 Å². The first kappa shape index (κ1) is 16.3. The van der Waals surface area contributed by atoms with Crippen LogP contribution in [-0.4, -0.2) is 36.3 Å². The third-order valence-corrected chi connectivity index (χ3v) is 5.99. The molecule has 2 fully saturated rings. The minimum Gasteiger partial charge on any atom is -0.381 e. The zero-order valence-corrected chi connectivity index (χ0v) is 15.0. The SMILES string of the molecule is Cc1cccc(-c2cnc(N3CCC4(CCOC4)CC3)[nH]c2=O)c1C. The second-order valence-electron chi connectivity index (χ2n) is 7.49. The van der Waals surface area contributed by atoms with E-state index in [1.165, 1.54) is 5.56 Å². The lowest BCUT2D eigenvalue weighted by Crippen LogP contribution is -2.41. The summed E-state index contributed by atoms with van der Waals surface area (Å²) >= 11 is 0. The molecule has 5 nitrogen and oxygen atoms in total. The molecule has 2 aromatic rings. The Kier molecular flexibility index (Phi) is 4.12. The highest BCUT2D eigenvalue weighted by molar-refractivity contribution is 5.67. The molecule has 2 aliphatic heterocycles. The maximum atomic E-state index is 12.7. The Bertz CT molecular complexity index is 827. The molecule has 25 heavy (non-hydrogen) atoms. The Labute approximate surface area is 148 Å². The van der Waals surface area contributed by atoms with Gasteiger partial charge in [0.05, 0.1) is 12.2 Å². The standard InChI is InChI=1S/C20H25N3O2/c1-14-4-3-5-16(15(14)2)17-12-21-19(22-18(17)24)23-9-6-20(7-10-23)8-11-25-13-20/h3-5,12H,6-11,13H2,1-2H3,(H,21,22,24). The summed E-state index contributed by atoms with van der Waals surface area (Å²) in [5, 5.41) is 0. The molecule has 1 aromatic heterocycles. The molecule has 4 rings (SSSR count). The Hall–Kier alpha value is -2.14. The van der Waals surface area contributed by atoms with Gasteiger partial charge in [0, 0.05) is 25.9 Å². The van der Waals surface area contributed by atoms with E-state index >= 15 is 0 Å². The van der Waals surface area contributed by atoms with Crippen molar-refractivity contribution in [2.24, 2.45) is 5.41 Å². The van der Waals surface area contributed by atoms with Crippen LogP contribution >= 0.6 is 0 Å². The number of ether oxygens (including phenoxy) is 1. The van der Waals surface area contributed by atoms with Gasteiger partial charge in [0.1, 0.15) is 0 Å². The molecule has 132 valence electrons. The first-order chi connectivity index (χ1) is 12.1. The summed E-state index contributed by atoms with van der Waals surface area (Å²) in [6, 6.07) is 6.03. The molecule has 3 heterocycles. The van der Waals surface area contributed by atoms with Gasteiger partial charge < -0.3 is 9.64 Å². The summed E-state index contributed by atoms with van der Waals surface area (Å²) in [6.45, 7) is 7.73. The number of anilines is 1. The van der Waals surface area contributed by atoms with Crippen LogP contribution in [-0.2, 0) is 4.74 Å². The van der Waals surface area contributed by atoms with Crippen LogP contribution in [0.15, 0.2) is 29.2 Å². The molecule has 1 spiro atoms. The lowest BCUT2D eigenvalue weighted by atomic mass is 9.78. The van der Waals surface area contributed by atoms with Gasteiger partial charge in [-0.15, -0.1) is 0 Å². The normalized spacial score (nSPS) is 19.5. The van der Waals surface area contributed by atoms with Crippen LogP contribution in [0.5, 0.6) is 0 Å². The van der Waals surface area contributed by atoms with Gasteiger partial charge in [-0.3, -0.25) is 9.78 Å². The quantitative estimate of drug-likeness (QED) is 0.913. The Morgan fingerprint density at radius 3 is 2.64 bits per heavy atom. The fraction of sp³-hybridized carbons (Fsp3) is 0.500. The number of piperidine rings is 1. The molecular weight excluding hydrogens is 314 g/mol. The number of aromatic nitrogens is 2. The van der Waals surface area contributed by atoms with E-state index in [0.717, 1.165) is 56.7 Å². The minimum atomic E-state index is -0.0665. The van der Waals surface area contributed by atoms with Gasteiger partial charge in [0.25, 0.3) is 5.56 Å². The van der Waals surface area contributed by atoms with Gasteiger partial charge >= 0.3 is 0 Å². The Balaban J connectivity index is 1.56. The van der Waals surface area contributed by atoms with Crippen LogP contribution in [0.4, 0.5) is 5.95 Å². The van der Waals surface area contributed by atoms with Gasteiger partial charge in [-0.25, -0.2) is 4.98 Å². The van der Waals surface area contributed by atoms with Crippen molar-refractivity contribution < 1.29 is 4.74 Å². The third kappa shape index (κ3) is 2.97. The molecule has 0 bridgehead atoms. The summed E-state index contributed by atoms with van der Waals surface area (Å²) in [5.41, 5.74) is 4.20. The number of hydrogen-bond donors (Lipinski definition) is 1. The first-order valence-corrected chi connectivity index (χ1v) is 9.07. The van der Waals surface area contributed by atoms with Crippen molar-refractivity contribution in [3.63, 3.8) is 0 Å². The van der Waals surface area contributed by atoms with Crippen LogP contribution < -0.4 is 10.5 Å². The highest BCUT2D eigenvalue weighted by Crippen LogP contribution is 2.39. The van der Waals surface area contributed by atoms with Crippen molar-refractivity contribution >= 4 is 5.95 Å². The van der Waals surface area contributed by atoms with Crippen molar-refractivity contribution in [1.82, 2.24) is 9.97 Å². The second kappa shape index (κ2) is 6.30. The maximum Gasteiger partial charge on any atom is 0.260 e. The highest BCUT2D eigenvalue weighted by Gasteiger charge is 2.38.